The molecule has 21 heavy (non-hydrogen) atoms. The van der Waals surface area contributed by atoms with Crippen molar-refractivity contribution in [2.24, 2.45) is 0 Å². The molecule has 0 aromatic heterocycles. The van der Waals surface area contributed by atoms with E-state index in [0.717, 1.165) is 0 Å². The summed E-state index contributed by atoms with van der Waals surface area (Å²) in [7, 11) is -3.97. The molecule has 0 atom stereocenters. The maximum Gasteiger partial charge on any atom is 0.528 e. The predicted molar refractivity (Wildman–Crippen MR) is 75.9 cm³/mol. The lowest BCUT2D eigenvalue weighted by Gasteiger charge is -2.21. The average Bonchev–Trinajstić information content (AvgIpc) is 2.47. The van der Waals surface area contributed by atoms with Crippen molar-refractivity contribution in [3.8, 4) is 0 Å². The first-order valence-electron chi connectivity index (χ1n) is 6.20. The minimum Gasteiger partial charge on any atom is -0.430 e. The predicted octanol–water partition coefficient (Wildman–Crippen LogP) is 1.97. The van der Waals surface area contributed by atoms with Gasteiger partial charge >= 0.3 is 6.16 Å². The van der Waals surface area contributed by atoms with Crippen LogP contribution in [-0.2, 0) is 24.3 Å². The third kappa shape index (κ3) is 4.67. The number of sulfonamides is 1. The molecule has 1 saturated heterocycles. The molecule has 1 aromatic rings. The Morgan fingerprint density at radius 3 is 2.62 bits per heavy atom. The first-order valence-corrected chi connectivity index (χ1v) is 8.48. The number of carbonyl (C=O) groups excluding carboxylic acids is 1. The monoisotopic (exact) mass is 379 g/mol. The molecule has 1 aliphatic rings. The van der Waals surface area contributed by atoms with Crippen molar-refractivity contribution in [2.75, 3.05) is 13.2 Å². The van der Waals surface area contributed by atoms with Gasteiger partial charge in [0, 0.05) is 17.3 Å². The van der Waals surface area contributed by atoms with Gasteiger partial charge in [0.2, 0.25) is 0 Å². The SMILES string of the molecule is O=C(ONS(=O)(=O)c1ccccc1Br)OC1CCOCC1. The fraction of sp³-hybridized carbons (Fsp3) is 0.417. The van der Waals surface area contributed by atoms with Crippen LogP contribution in [0.1, 0.15) is 12.8 Å². The van der Waals surface area contributed by atoms with Crippen LogP contribution in [0, 0.1) is 0 Å². The Morgan fingerprint density at radius 1 is 1.29 bits per heavy atom. The van der Waals surface area contributed by atoms with E-state index >= 15 is 0 Å². The number of ether oxygens (including phenoxy) is 2. The second-order valence-corrected chi connectivity index (χ2v) is 6.77. The van der Waals surface area contributed by atoms with Crippen LogP contribution < -0.4 is 4.89 Å². The normalized spacial score (nSPS) is 16.4. The molecule has 7 nitrogen and oxygen atoms in total. The van der Waals surface area contributed by atoms with Gasteiger partial charge in [-0.2, -0.15) is 0 Å². The molecule has 1 fully saturated rings. The Hall–Kier alpha value is -1.16. The van der Waals surface area contributed by atoms with Gasteiger partial charge in [-0.05, 0) is 32.9 Å². The topological polar surface area (TPSA) is 90.9 Å². The fourth-order valence-corrected chi connectivity index (χ4v) is 3.52. The van der Waals surface area contributed by atoms with E-state index in [2.05, 4.69) is 20.8 Å². The van der Waals surface area contributed by atoms with Crippen LogP contribution in [0.2, 0.25) is 0 Å². The van der Waals surface area contributed by atoms with E-state index in [1.165, 1.54) is 6.07 Å². The number of halogens is 1. The number of carbonyl (C=O) groups is 1. The standard InChI is InChI=1S/C12H14BrNO6S/c13-10-3-1-2-4-11(10)21(16,17)14-20-12(15)19-9-5-7-18-8-6-9/h1-4,9,14H,5-8H2. The molecular weight excluding hydrogens is 366 g/mol. The number of nitrogens with one attached hydrogen (secondary N) is 1. The molecule has 0 unspecified atom stereocenters. The Morgan fingerprint density at radius 2 is 1.95 bits per heavy atom. The summed E-state index contributed by atoms with van der Waals surface area (Å²) < 4.78 is 34.4. The van der Waals surface area contributed by atoms with E-state index in [9.17, 15) is 13.2 Å². The van der Waals surface area contributed by atoms with E-state index < -0.39 is 16.2 Å². The zero-order valence-electron chi connectivity index (χ0n) is 11.0. The van der Waals surface area contributed by atoms with Crippen LogP contribution in [0.15, 0.2) is 33.6 Å². The summed E-state index contributed by atoms with van der Waals surface area (Å²) in [4.78, 5) is 17.6. The molecule has 0 amide bonds. The van der Waals surface area contributed by atoms with Crippen molar-refractivity contribution in [2.45, 2.75) is 23.8 Å². The van der Waals surface area contributed by atoms with Crippen LogP contribution in [0.25, 0.3) is 0 Å². The third-order valence-corrected chi connectivity index (χ3v) is 4.98. The third-order valence-electron chi connectivity index (χ3n) is 2.79. The van der Waals surface area contributed by atoms with Gasteiger partial charge < -0.3 is 14.3 Å². The van der Waals surface area contributed by atoms with Crippen molar-refractivity contribution >= 4 is 32.1 Å². The minimum atomic E-state index is -3.97. The summed E-state index contributed by atoms with van der Waals surface area (Å²) in [6, 6.07) is 6.16. The van der Waals surface area contributed by atoms with Crippen molar-refractivity contribution in [3.05, 3.63) is 28.7 Å². The summed E-state index contributed by atoms with van der Waals surface area (Å²) in [6.07, 6.45) is -0.283. The first kappa shape index (κ1) is 16.2. The van der Waals surface area contributed by atoms with Crippen LogP contribution in [0.3, 0.4) is 0 Å². The highest BCUT2D eigenvalue weighted by Gasteiger charge is 2.23. The maximum atomic E-state index is 12.0. The van der Waals surface area contributed by atoms with Crippen molar-refractivity contribution in [1.29, 1.82) is 0 Å². The average molecular weight is 380 g/mol. The van der Waals surface area contributed by atoms with Gasteiger partial charge in [0.15, 0.2) is 0 Å². The van der Waals surface area contributed by atoms with Gasteiger partial charge in [-0.15, -0.1) is 0 Å². The summed E-state index contributed by atoms with van der Waals surface area (Å²) >= 11 is 3.11. The van der Waals surface area contributed by atoms with Gasteiger partial charge in [0.1, 0.15) is 6.10 Å². The van der Waals surface area contributed by atoms with E-state index in [1.807, 2.05) is 0 Å². The van der Waals surface area contributed by atoms with Crippen molar-refractivity contribution in [1.82, 2.24) is 4.89 Å². The lowest BCUT2D eigenvalue weighted by molar-refractivity contribution is -0.0340. The molecule has 1 aliphatic heterocycles. The Labute approximate surface area is 130 Å². The van der Waals surface area contributed by atoms with Gasteiger partial charge in [0.25, 0.3) is 10.0 Å². The Kier molecular flexibility index (Phi) is 5.57. The zero-order chi connectivity index (χ0) is 15.3. The zero-order valence-corrected chi connectivity index (χ0v) is 13.4. The van der Waals surface area contributed by atoms with E-state index in [-0.39, 0.29) is 11.0 Å². The first-order chi connectivity index (χ1) is 9.99. The minimum absolute atomic E-state index is 0.0381. The molecule has 0 spiro atoms. The van der Waals surface area contributed by atoms with Gasteiger partial charge in [-0.3, -0.25) is 0 Å². The number of hydrogen-bond donors (Lipinski definition) is 1. The van der Waals surface area contributed by atoms with Crippen LogP contribution in [-0.4, -0.2) is 33.9 Å². The molecule has 1 aromatic carbocycles. The highest BCUT2D eigenvalue weighted by molar-refractivity contribution is 9.10. The Balaban J connectivity index is 1.89. The largest absolute Gasteiger partial charge is 0.528 e. The molecule has 2 rings (SSSR count). The molecule has 1 heterocycles. The summed E-state index contributed by atoms with van der Waals surface area (Å²) in [5.41, 5.74) is 0. The number of benzene rings is 1. The van der Waals surface area contributed by atoms with Gasteiger partial charge in [-0.1, -0.05) is 12.1 Å². The van der Waals surface area contributed by atoms with Gasteiger partial charge in [0.05, 0.1) is 18.1 Å². The molecule has 1 N–H and O–H groups in total. The highest BCUT2D eigenvalue weighted by Crippen LogP contribution is 2.20. The second kappa shape index (κ2) is 7.21. The van der Waals surface area contributed by atoms with Crippen molar-refractivity contribution in [3.63, 3.8) is 0 Å². The molecule has 116 valence electrons. The summed E-state index contributed by atoms with van der Waals surface area (Å²) in [6.45, 7) is 1.00. The van der Waals surface area contributed by atoms with Crippen LogP contribution in [0.5, 0.6) is 0 Å². The lowest BCUT2D eigenvalue weighted by atomic mass is 10.2. The van der Waals surface area contributed by atoms with Gasteiger partial charge in [-0.25, -0.2) is 13.2 Å². The molecule has 0 bridgehead atoms. The molecule has 0 aliphatic carbocycles. The molecule has 0 radical (unpaired) electrons. The van der Waals surface area contributed by atoms with Crippen LogP contribution >= 0.6 is 15.9 Å². The highest BCUT2D eigenvalue weighted by atomic mass is 79.9. The lowest BCUT2D eigenvalue weighted by Crippen LogP contribution is -2.32. The quantitative estimate of drug-likeness (QED) is 0.635. The fourth-order valence-electron chi connectivity index (χ4n) is 1.75. The Bertz CT molecular complexity index is 600. The maximum absolute atomic E-state index is 12.0. The van der Waals surface area contributed by atoms with E-state index in [0.29, 0.717) is 30.5 Å². The number of hydrogen-bond acceptors (Lipinski definition) is 6. The molecule has 0 saturated carbocycles. The molecule has 9 heteroatoms. The summed E-state index contributed by atoms with van der Waals surface area (Å²) in [5, 5.41) is 0. The van der Waals surface area contributed by atoms with E-state index in [1.54, 1.807) is 23.1 Å². The molecular formula is C12H14BrNO6S. The number of rotatable bonds is 4. The smallest absolute Gasteiger partial charge is 0.430 e. The van der Waals surface area contributed by atoms with Crippen molar-refractivity contribution < 1.29 is 27.5 Å². The van der Waals surface area contributed by atoms with Crippen LogP contribution in [0.4, 0.5) is 4.79 Å². The second-order valence-electron chi connectivity index (χ2n) is 4.30. The van der Waals surface area contributed by atoms with E-state index in [4.69, 9.17) is 9.47 Å². The summed E-state index contributed by atoms with van der Waals surface area (Å²) in [5.74, 6) is 0.